The van der Waals surface area contributed by atoms with Gasteiger partial charge in [0.15, 0.2) is 0 Å². The van der Waals surface area contributed by atoms with Crippen molar-refractivity contribution in [1.29, 1.82) is 0 Å². The van der Waals surface area contributed by atoms with Crippen molar-refractivity contribution >= 4 is 21.6 Å². The van der Waals surface area contributed by atoms with Gasteiger partial charge in [-0.2, -0.15) is 4.31 Å². The molecule has 2 aliphatic rings. The second-order valence-corrected chi connectivity index (χ2v) is 9.48. The SMILES string of the molecule is C[C@H]1Cc2ccccc2N1C(=O)[C@@H]1CCCN(S(=O)(=O)c2ccc(F)cc2)C1. The van der Waals surface area contributed by atoms with Crippen molar-refractivity contribution in [2.24, 2.45) is 5.92 Å². The highest BCUT2D eigenvalue weighted by atomic mass is 32.2. The van der Waals surface area contributed by atoms with E-state index in [1.165, 1.54) is 16.4 Å². The number of hydrogen-bond donors (Lipinski definition) is 0. The summed E-state index contributed by atoms with van der Waals surface area (Å²) in [4.78, 5) is 15.2. The van der Waals surface area contributed by atoms with Gasteiger partial charge in [-0.15, -0.1) is 0 Å². The lowest BCUT2D eigenvalue weighted by Crippen LogP contribution is -2.48. The molecular formula is C21H23FN2O3S. The van der Waals surface area contributed by atoms with E-state index in [2.05, 4.69) is 0 Å². The summed E-state index contributed by atoms with van der Waals surface area (Å²) in [7, 11) is -3.75. The first-order valence-corrected chi connectivity index (χ1v) is 11.0. The molecule has 0 bridgehead atoms. The summed E-state index contributed by atoms with van der Waals surface area (Å²) in [5.41, 5.74) is 2.08. The fourth-order valence-electron chi connectivity index (χ4n) is 4.22. The molecule has 2 atom stereocenters. The number of amides is 1. The highest BCUT2D eigenvalue weighted by Crippen LogP contribution is 2.35. The van der Waals surface area contributed by atoms with E-state index in [9.17, 15) is 17.6 Å². The van der Waals surface area contributed by atoms with Gasteiger partial charge in [-0.25, -0.2) is 12.8 Å². The monoisotopic (exact) mass is 402 g/mol. The van der Waals surface area contributed by atoms with Gasteiger partial charge in [0.25, 0.3) is 0 Å². The Morgan fingerprint density at radius 1 is 1.11 bits per heavy atom. The second kappa shape index (κ2) is 7.29. The zero-order valence-electron chi connectivity index (χ0n) is 15.7. The van der Waals surface area contributed by atoms with E-state index >= 15 is 0 Å². The molecule has 0 N–H and O–H groups in total. The zero-order valence-corrected chi connectivity index (χ0v) is 16.5. The third kappa shape index (κ3) is 3.33. The highest BCUT2D eigenvalue weighted by molar-refractivity contribution is 7.89. The summed E-state index contributed by atoms with van der Waals surface area (Å²) in [5, 5.41) is 0. The topological polar surface area (TPSA) is 57.7 Å². The molecule has 1 fully saturated rings. The average molecular weight is 402 g/mol. The number of carbonyl (C=O) groups excluding carboxylic acids is 1. The maximum atomic E-state index is 13.3. The van der Waals surface area contributed by atoms with E-state index < -0.39 is 15.8 Å². The maximum Gasteiger partial charge on any atom is 0.243 e. The van der Waals surface area contributed by atoms with Crippen molar-refractivity contribution in [3.63, 3.8) is 0 Å². The average Bonchev–Trinajstić information content (AvgIpc) is 3.03. The lowest BCUT2D eigenvalue weighted by molar-refractivity contribution is -0.123. The molecule has 0 saturated carbocycles. The third-order valence-corrected chi connectivity index (χ3v) is 7.51. The van der Waals surface area contributed by atoms with Gasteiger partial charge >= 0.3 is 0 Å². The largest absolute Gasteiger partial charge is 0.309 e. The van der Waals surface area contributed by atoms with Crippen molar-refractivity contribution < 1.29 is 17.6 Å². The van der Waals surface area contributed by atoms with Crippen LogP contribution in [0.4, 0.5) is 10.1 Å². The number of sulfonamides is 1. The molecule has 0 radical (unpaired) electrons. The van der Waals surface area contributed by atoms with Gasteiger partial charge in [0.2, 0.25) is 15.9 Å². The number of carbonyl (C=O) groups is 1. The van der Waals surface area contributed by atoms with Crippen molar-refractivity contribution in [3.05, 3.63) is 59.9 Å². The molecule has 4 rings (SSSR count). The molecule has 5 nitrogen and oxygen atoms in total. The third-order valence-electron chi connectivity index (χ3n) is 5.63. The predicted octanol–water partition coefficient (Wildman–Crippen LogP) is 3.20. The number of benzene rings is 2. The Bertz CT molecular complexity index is 991. The van der Waals surface area contributed by atoms with Crippen molar-refractivity contribution in [2.75, 3.05) is 18.0 Å². The first-order chi connectivity index (χ1) is 13.4. The smallest absolute Gasteiger partial charge is 0.243 e. The minimum atomic E-state index is -3.75. The van der Waals surface area contributed by atoms with E-state index in [0.717, 1.165) is 29.8 Å². The fraction of sp³-hybridized carbons (Fsp3) is 0.381. The Morgan fingerprint density at radius 3 is 2.57 bits per heavy atom. The van der Waals surface area contributed by atoms with E-state index in [-0.39, 0.29) is 29.3 Å². The minimum absolute atomic E-state index is 0.0172. The Balaban J connectivity index is 1.56. The molecule has 0 aliphatic carbocycles. The summed E-state index contributed by atoms with van der Waals surface area (Å²) in [5.74, 6) is -0.874. The first-order valence-electron chi connectivity index (χ1n) is 9.54. The van der Waals surface area contributed by atoms with Crippen LogP contribution in [-0.4, -0.2) is 37.8 Å². The van der Waals surface area contributed by atoms with Crippen LogP contribution in [0.3, 0.4) is 0 Å². The van der Waals surface area contributed by atoms with Crippen LogP contribution in [-0.2, 0) is 21.2 Å². The number of nitrogens with zero attached hydrogens (tertiary/aromatic N) is 2. The van der Waals surface area contributed by atoms with Crippen LogP contribution in [0.25, 0.3) is 0 Å². The fourth-order valence-corrected chi connectivity index (χ4v) is 5.74. The second-order valence-electron chi connectivity index (χ2n) is 7.55. The maximum absolute atomic E-state index is 13.3. The summed E-state index contributed by atoms with van der Waals surface area (Å²) in [6.45, 7) is 2.55. The lowest BCUT2D eigenvalue weighted by atomic mass is 9.97. The number of para-hydroxylation sites is 1. The van der Waals surface area contributed by atoms with Gasteiger partial charge in [-0.3, -0.25) is 4.79 Å². The first kappa shape index (κ1) is 19.1. The number of rotatable bonds is 3. The molecule has 1 saturated heterocycles. The standard InChI is InChI=1S/C21H23FN2O3S/c1-15-13-16-5-2-3-7-20(16)24(15)21(25)17-6-4-12-23(14-17)28(26,27)19-10-8-18(22)9-11-19/h2-3,5,7-11,15,17H,4,6,12-14H2,1H3/t15-,17+/m0/s1. The number of anilines is 1. The van der Waals surface area contributed by atoms with E-state index in [1.54, 1.807) is 0 Å². The predicted molar refractivity (Wildman–Crippen MR) is 105 cm³/mol. The highest BCUT2D eigenvalue weighted by Gasteiger charge is 2.39. The van der Waals surface area contributed by atoms with Gasteiger partial charge < -0.3 is 4.90 Å². The van der Waals surface area contributed by atoms with Crippen LogP contribution in [0.5, 0.6) is 0 Å². The zero-order chi connectivity index (χ0) is 19.9. The molecule has 148 valence electrons. The number of piperidine rings is 1. The molecule has 28 heavy (non-hydrogen) atoms. The van der Waals surface area contributed by atoms with Crippen LogP contribution in [0.15, 0.2) is 53.4 Å². The molecular weight excluding hydrogens is 379 g/mol. The van der Waals surface area contributed by atoms with Crippen molar-refractivity contribution in [2.45, 2.75) is 37.1 Å². The van der Waals surface area contributed by atoms with Crippen molar-refractivity contribution in [1.82, 2.24) is 4.31 Å². The minimum Gasteiger partial charge on any atom is -0.309 e. The van der Waals surface area contributed by atoms with Crippen LogP contribution >= 0.6 is 0 Å². The van der Waals surface area contributed by atoms with Crippen LogP contribution < -0.4 is 4.90 Å². The van der Waals surface area contributed by atoms with Gasteiger partial charge in [-0.1, -0.05) is 18.2 Å². The molecule has 2 aromatic carbocycles. The number of hydrogen-bond acceptors (Lipinski definition) is 3. The number of fused-ring (bicyclic) bond motifs is 1. The summed E-state index contributed by atoms with van der Waals surface area (Å²) >= 11 is 0. The van der Waals surface area contributed by atoms with Gasteiger partial charge in [0.05, 0.1) is 10.8 Å². The van der Waals surface area contributed by atoms with E-state index in [0.29, 0.717) is 19.4 Å². The Morgan fingerprint density at radius 2 is 1.82 bits per heavy atom. The molecule has 0 spiro atoms. The molecule has 0 unspecified atom stereocenters. The summed E-state index contributed by atoms with van der Waals surface area (Å²) in [6.07, 6.45) is 2.10. The quantitative estimate of drug-likeness (QED) is 0.792. The summed E-state index contributed by atoms with van der Waals surface area (Å²) in [6, 6.07) is 12.8. The van der Waals surface area contributed by atoms with Gasteiger partial charge in [0, 0.05) is 24.8 Å². The van der Waals surface area contributed by atoms with Gasteiger partial charge in [0.1, 0.15) is 5.82 Å². The molecule has 2 aromatic rings. The Kier molecular flexibility index (Phi) is 4.97. The van der Waals surface area contributed by atoms with Crippen molar-refractivity contribution in [3.8, 4) is 0 Å². The molecule has 1 amide bonds. The van der Waals surface area contributed by atoms with E-state index in [1.807, 2.05) is 36.1 Å². The molecule has 7 heteroatoms. The lowest BCUT2D eigenvalue weighted by Gasteiger charge is -2.34. The Labute approximate surface area is 164 Å². The molecule has 0 aromatic heterocycles. The molecule has 2 aliphatic heterocycles. The van der Waals surface area contributed by atoms with Crippen LogP contribution in [0.2, 0.25) is 0 Å². The van der Waals surface area contributed by atoms with Gasteiger partial charge in [-0.05, 0) is 62.1 Å². The van der Waals surface area contributed by atoms with E-state index in [4.69, 9.17) is 0 Å². The normalized spacial score (nSPS) is 22.9. The summed E-state index contributed by atoms with van der Waals surface area (Å²) < 4.78 is 40.4. The number of halogens is 1. The molecule has 2 heterocycles. The van der Waals surface area contributed by atoms with Crippen LogP contribution in [0.1, 0.15) is 25.3 Å². The Hall–Kier alpha value is -2.25. The van der Waals surface area contributed by atoms with Crippen LogP contribution in [0, 0.1) is 11.7 Å².